The molecule has 2 atom stereocenters. The first kappa shape index (κ1) is 37.4. The van der Waals surface area contributed by atoms with Crippen molar-refractivity contribution in [3.63, 3.8) is 0 Å². The molecule has 2 aromatic carbocycles. The van der Waals surface area contributed by atoms with Crippen LogP contribution in [0.2, 0.25) is 5.02 Å². The lowest BCUT2D eigenvalue weighted by Gasteiger charge is -2.25. The summed E-state index contributed by atoms with van der Waals surface area (Å²) in [6, 6.07) is 7.75. The van der Waals surface area contributed by atoms with Crippen LogP contribution in [-0.2, 0) is 16.1 Å². The maximum Gasteiger partial charge on any atom is 0.305 e. The number of hydrogen-bond donors (Lipinski definition) is 3. The van der Waals surface area contributed by atoms with Crippen molar-refractivity contribution in [1.29, 1.82) is 0 Å². The van der Waals surface area contributed by atoms with Gasteiger partial charge in [0.25, 0.3) is 11.5 Å². The molecular formula is C36H46ClFN4O5. The molecule has 0 aliphatic heterocycles. The maximum atomic E-state index is 15.7. The van der Waals surface area contributed by atoms with Crippen LogP contribution in [0.15, 0.2) is 47.4 Å². The number of aryl methyl sites for hydroxylation is 3. The summed E-state index contributed by atoms with van der Waals surface area (Å²) in [7, 11) is 1.95. The molecule has 1 aromatic heterocycles. The third-order valence-corrected chi connectivity index (χ3v) is 8.53. The normalized spacial score (nSPS) is 12.8. The molecule has 3 aromatic rings. The van der Waals surface area contributed by atoms with E-state index in [1.54, 1.807) is 43.5 Å². The third kappa shape index (κ3) is 9.74. The molecule has 47 heavy (non-hydrogen) atoms. The van der Waals surface area contributed by atoms with Gasteiger partial charge in [0.2, 0.25) is 5.91 Å². The van der Waals surface area contributed by atoms with Crippen molar-refractivity contribution in [2.75, 3.05) is 13.6 Å². The molecule has 1 heterocycles. The van der Waals surface area contributed by atoms with Gasteiger partial charge in [0.1, 0.15) is 17.4 Å². The third-order valence-electron chi connectivity index (χ3n) is 8.31. The summed E-state index contributed by atoms with van der Waals surface area (Å²) in [4.78, 5) is 54.4. The number of halogens is 2. The molecule has 0 saturated heterocycles. The van der Waals surface area contributed by atoms with Crippen molar-refractivity contribution in [3.8, 4) is 11.1 Å². The van der Waals surface area contributed by atoms with E-state index in [0.717, 1.165) is 16.7 Å². The molecule has 11 heteroatoms. The fourth-order valence-corrected chi connectivity index (χ4v) is 5.92. The number of rotatable bonds is 14. The zero-order chi connectivity index (χ0) is 35.2. The van der Waals surface area contributed by atoms with Crippen LogP contribution < -0.4 is 16.2 Å². The van der Waals surface area contributed by atoms with E-state index in [2.05, 4.69) is 15.5 Å². The second kappa shape index (κ2) is 16.2. The quantitative estimate of drug-likeness (QED) is 0.192. The van der Waals surface area contributed by atoms with E-state index in [4.69, 9.17) is 11.6 Å². The first-order valence-corrected chi connectivity index (χ1v) is 16.2. The largest absolute Gasteiger partial charge is 0.481 e. The average molecular weight is 669 g/mol. The highest BCUT2D eigenvalue weighted by molar-refractivity contribution is 6.30. The summed E-state index contributed by atoms with van der Waals surface area (Å²) in [5.74, 6) is -3.35. The Morgan fingerprint density at radius 3 is 2.21 bits per heavy atom. The van der Waals surface area contributed by atoms with Crippen molar-refractivity contribution in [1.82, 2.24) is 20.1 Å². The Kier molecular flexibility index (Phi) is 12.9. The SMILES string of the molecule is Cc1cc(-c2c(C)cc(Cl)cc2C)cc([C@H](CC(=O)O)NC(=O)[C@H](CC(C)C)NC(=O)c2cccn(CCN(C)C(C)C)c2=O)c1F. The molecular weight excluding hydrogens is 623 g/mol. The van der Waals surface area contributed by atoms with Crippen LogP contribution in [0.4, 0.5) is 4.39 Å². The number of carboxylic acids is 1. The van der Waals surface area contributed by atoms with Crippen LogP contribution in [-0.4, -0.2) is 58.0 Å². The van der Waals surface area contributed by atoms with Crippen molar-refractivity contribution in [2.24, 2.45) is 5.92 Å². The molecule has 0 bridgehead atoms. The van der Waals surface area contributed by atoms with Gasteiger partial charge >= 0.3 is 5.97 Å². The molecule has 3 rings (SSSR count). The number of hydrogen-bond acceptors (Lipinski definition) is 5. The molecule has 0 spiro atoms. The number of nitrogens with zero attached hydrogens (tertiary/aromatic N) is 2. The molecule has 3 N–H and O–H groups in total. The van der Waals surface area contributed by atoms with Gasteiger partial charge in [-0.3, -0.25) is 19.2 Å². The van der Waals surface area contributed by atoms with Crippen molar-refractivity contribution in [3.05, 3.63) is 91.6 Å². The lowest BCUT2D eigenvalue weighted by atomic mass is 9.90. The molecule has 0 radical (unpaired) electrons. The number of benzene rings is 2. The van der Waals surface area contributed by atoms with E-state index in [1.807, 2.05) is 48.6 Å². The fraction of sp³-hybridized carbons (Fsp3) is 0.444. The Hall–Kier alpha value is -4.02. The van der Waals surface area contributed by atoms with Crippen molar-refractivity contribution in [2.45, 2.75) is 86.0 Å². The summed E-state index contributed by atoms with van der Waals surface area (Å²) in [5.41, 5.74) is 2.88. The minimum absolute atomic E-state index is 0.0106. The number of carboxylic acid groups (broad SMARTS) is 1. The molecule has 0 unspecified atom stereocenters. The van der Waals surface area contributed by atoms with E-state index in [1.165, 1.54) is 10.6 Å². The number of carbonyl (C=O) groups is 3. The lowest BCUT2D eigenvalue weighted by molar-refractivity contribution is -0.137. The fourth-order valence-electron chi connectivity index (χ4n) is 5.59. The molecule has 0 aliphatic carbocycles. The summed E-state index contributed by atoms with van der Waals surface area (Å²) >= 11 is 6.23. The Morgan fingerprint density at radius 1 is 1.00 bits per heavy atom. The number of likely N-dealkylation sites (N-methyl/N-ethyl adjacent to an activating group) is 1. The Morgan fingerprint density at radius 2 is 1.64 bits per heavy atom. The van der Waals surface area contributed by atoms with Crippen LogP contribution in [0, 0.1) is 32.5 Å². The molecule has 0 fully saturated rings. The van der Waals surface area contributed by atoms with Gasteiger partial charge in [-0.05, 0) is 118 Å². The highest BCUT2D eigenvalue weighted by Gasteiger charge is 2.29. The number of amides is 2. The Bertz CT molecular complexity index is 1660. The van der Waals surface area contributed by atoms with E-state index < -0.39 is 47.7 Å². The standard InChI is InChI=1S/C36H46ClFN4O5/c1-20(2)14-30(40-34(45)27-10-9-11-42(36(27)47)13-12-41(8)21(3)4)35(46)39-29(19-31(43)44)28-18-25(15-24(7)33(28)38)32-22(5)16-26(37)17-23(32)6/h9-11,15-18,20-21,29-30H,12-14,19H2,1-8H3,(H,39,46)(H,40,45)(H,43,44)/t29-,30-/m0/s1. The van der Waals surface area contributed by atoms with Gasteiger partial charge in [0.05, 0.1) is 12.5 Å². The van der Waals surface area contributed by atoms with Crippen LogP contribution >= 0.6 is 11.6 Å². The second-order valence-corrected chi connectivity index (χ2v) is 13.4. The van der Waals surface area contributed by atoms with E-state index in [-0.39, 0.29) is 35.1 Å². The first-order valence-electron chi connectivity index (χ1n) is 15.8. The molecule has 9 nitrogen and oxygen atoms in total. The van der Waals surface area contributed by atoms with Crippen LogP contribution in [0.3, 0.4) is 0 Å². The Balaban J connectivity index is 1.95. The summed E-state index contributed by atoms with van der Waals surface area (Å²) < 4.78 is 17.2. The zero-order valence-corrected chi connectivity index (χ0v) is 29.2. The number of nitrogens with one attached hydrogen (secondary N) is 2. The predicted molar refractivity (Wildman–Crippen MR) is 183 cm³/mol. The average Bonchev–Trinajstić information content (AvgIpc) is 2.96. The van der Waals surface area contributed by atoms with Crippen LogP contribution in [0.1, 0.15) is 79.2 Å². The first-order chi connectivity index (χ1) is 22.0. The molecule has 254 valence electrons. The van der Waals surface area contributed by atoms with Crippen LogP contribution in [0.25, 0.3) is 11.1 Å². The van der Waals surface area contributed by atoms with Gasteiger partial charge in [-0.15, -0.1) is 0 Å². The van der Waals surface area contributed by atoms with Gasteiger partial charge in [0, 0.05) is 35.9 Å². The summed E-state index contributed by atoms with van der Waals surface area (Å²) in [6.07, 6.45) is 1.21. The van der Waals surface area contributed by atoms with E-state index >= 15 is 4.39 Å². The summed E-state index contributed by atoms with van der Waals surface area (Å²) in [5, 5.41) is 15.7. The zero-order valence-electron chi connectivity index (χ0n) is 28.4. The highest BCUT2D eigenvalue weighted by atomic mass is 35.5. The van der Waals surface area contributed by atoms with E-state index in [9.17, 15) is 24.3 Å². The Labute approximate surface area is 281 Å². The predicted octanol–water partition coefficient (Wildman–Crippen LogP) is 6.05. The van der Waals surface area contributed by atoms with Gasteiger partial charge < -0.3 is 25.2 Å². The number of aromatic nitrogens is 1. The van der Waals surface area contributed by atoms with Crippen molar-refractivity contribution < 1.29 is 23.9 Å². The number of carbonyl (C=O) groups excluding carboxylic acids is 2. The smallest absolute Gasteiger partial charge is 0.305 e. The van der Waals surface area contributed by atoms with Gasteiger partial charge in [-0.25, -0.2) is 4.39 Å². The maximum absolute atomic E-state index is 15.7. The topological polar surface area (TPSA) is 121 Å². The number of pyridine rings is 1. The minimum atomic E-state index is -1.25. The van der Waals surface area contributed by atoms with Gasteiger partial charge in [-0.2, -0.15) is 0 Å². The summed E-state index contributed by atoms with van der Waals surface area (Å²) in [6.45, 7) is 14.1. The minimum Gasteiger partial charge on any atom is -0.481 e. The molecule has 0 aliphatic rings. The van der Waals surface area contributed by atoms with Crippen LogP contribution in [0.5, 0.6) is 0 Å². The highest BCUT2D eigenvalue weighted by Crippen LogP contribution is 2.34. The van der Waals surface area contributed by atoms with Gasteiger partial charge in [0.15, 0.2) is 0 Å². The van der Waals surface area contributed by atoms with Gasteiger partial charge in [-0.1, -0.05) is 25.4 Å². The molecule has 2 amide bonds. The molecule has 0 saturated carbocycles. The van der Waals surface area contributed by atoms with E-state index in [0.29, 0.717) is 23.7 Å². The second-order valence-electron chi connectivity index (χ2n) is 12.9. The number of aliphatic carboxylic acids is 1. The lowest BCUT2D eigenvalue weighted by Crippen LogP contribution is -2.49. The van der Waals surface area contributed by atoms with Crippen molar-refractivity contribution >= 4 is 29.4 Å². The monoisotopic (exact) mass is 668 g/mol.